The van der Waals surface area contributed by atoms with Crippen molar-refractivity contribution in [2.24, 2.45) is 0 Å². The fraction of sp³-hybridized carbons (Fsp3) is 0.714. The number of hydrogen-bond donors (Lipinski definition) is 0. The standard InChI is InChI=1S/C7H11O2/c8-5-4-7-3-1-2-6-9-7/h4-5,7H,1-3,6H2. The first kappa shape index (κ1) is 6.75. The zero-order valence-corrected chi connectivity index (χ0v) is 5.38. The molecule has 1 radical (unpaired) electrons. The summed E-state index contributed by atoms with van der Waals surface area (Å²) in [6, 6.07) is 0. The van der Waals surface area contributed by atoms with Crippen molar-refractivity contribution in [1.29, 1.82) is 0 Å². The van der Waals surface area contributed by atoms with Crippen LogP contribution in [0.15, 0.2) is 0 Å². The Labute approximate surface area is 55.2 Å². The fourth-order valence-electron chi connectivity index (χ4n) is 1.01. The highest BCUT2D eigenvalue weighted by atomic mass is 16.5. The summed E-state index contributed by atoms with van der Waals surface area (Å²) in [6.07, 6.45) is 5.85. The number of ether oxygens (including phenoxy) is 1. The van der Waals surface area contributed by atoms with Crippen LogP contribution in [-0.4, -0.2) is 19.0 Å². The summed E-state index contributed by atoms with van der Waals surface area (Å²) in [5.41, 5.74) is 0. The van der Waals surface area contributed by atoms with E-state index < -0.39 is 0 Å². The summed E-state index contributed by atoms with van der Waals surface area (Å²) in [4.78, 5) is 9.94. The average molecular weight is 127 g/mol. The van der Waals surface area contributed by atoms with Gasteiger partial charge in [0.05, 0.1) is 12.5 Å². The van der Waals surface area contributed by atoms with Gasteiger partial charge in [0.2, 0.25) is 0 Å². The molecule has 1 fully saturated rings. The Kier molecular flexibility index (Phi) is 2.71. The van der Waals surface area contributed by atoms with Gasteiger partial charge in [-0.1, -0.05) is 0 Å². The van der Waals surface area contributed by atoms with E-state index in [1.54, 1.807) is 6.42 Å². The highest BCUT2D eigenvalue weighted by molar-refractivity contribution is 5.62. The van der Waals surface area contributed by atoms with Crippen molar-refractivity contribution in [3.8, 4) is 0 Å². The number of carbonyl (C=O) groups is 1. The molecular weight excluding hydrogens is 116 g/mol. The van der Waals surface area contributed by atoms with E-state index in [9.17, 15) is 4.79 Å². The van der Waals surface area contributed by atoms with Crippen LogP contribution in [0.3, 0.4) is 0 Å². The quantitative estimate of drug-likeness (QED) is 0.516. The summed E-state index contributed by atoms with van der Waals surface area (Å²) in [5.74, 6) is 0. The molecular formula is C7H11O2. The molecule has 0 aromatic rings. The first-order valence-electron chi connectivity index (χ1n) is 3.33. The van der Waals surface area contributed by atoms with Gasteiger partial charge in [0.1, 0.15) is 6.29 Å². The average Bonchev–Trinajstić information content (AvgIpc) is 1.91. The van der Waals surface area contributed by atoms with Crippen LogP contribution in [0.5, 0.6) is 0 Å². The van der Waals surface area contributed by atoms with Gasteiger partial charge in [-0.3, -0.25) is 0 Å². The molecule has 1 heterocycles. The van der Waals surface area contributed by atoms with E-state index in [1.807, 2.05) is 0 Å². The maximum Gasteiger partial charge on any atom is 0.126 e. The van der Waals surface area contributed by atoms with Gasteiger partial charge in [0.25, 0.3) is 0 Å². The highest BCUT2D eigenvalue weighted by Crippen LogP contribution is 2.13. The van der Waals surface area contributed by atoms with Gasteiger partial charge in [0, 0.05) is 6.61 Å². The summed E-state index contributed by atoms with van der Waals surface area (Å²) in [7, 11) is 0. The Morgan fingerprint density at radius 3 is 2.89 bits per heavy atom. The van der Waals surface area contributed by atoms with Gasteiger partial charge in [0.15, 0.2) is 0 Å². The molecule has 0 aromatic heterocycles. The van der Waals surface area contributed by atoms with Gasteiger partial charge in [-0.05, 0) is 19.3 Å². The molecule has 2 heteroatoms. The van der Waals surface area contributed by atoms with Crippen LogP contribution in [0.4, 0.5) is 0 Å². The molecule has 1 aliphatic rings. The van der Waals surface area contributed by atoms with E-state index >= 15 is 0 Å². The number of hydrogen-bond acceptors (Lipinski definition) is 2. The van der Waals surface area contributed by atoms with E-state index in [0.717, 1.165) is 25.7 Å². The molecule has 0 aromatic carbocycles. The molecule has 2 nitrogen and oxygen atoms in total. The summed E-state index contributed by atoms with van der Waals surface area (Å²) < 4.78 is 5.23. The SMILES string of the molecule is O=C[CH]C1CCCCO1. The molecule has 1 atom stereocenters. The van der Waals surface area contributed by atoms with Gasteiger partial charge in [-0.2, -0.15) is 0 Å². The summed E-state index contributed by atoms with van der Waals surface area (Å²) >= 11 is 0. The van der Waals surface area contributed by atoms with Gasteiger partial charge < -0.3 is 9.53 Å². The Morgan fingerprint density at radius 1 is 1.44 bits per heavy atom. The maximum atomic E-state index is 9.94. The van der Waals surface area contributed by atoms with Crippen LogP contribution >= 0.6 is 0 Å². The lowest BCUT2D eigenvalue weighted by molar-refractivity contribution is -0.107. The van der Waals surface area contributed by atoms with Crippen LogP contribution in [0.25, 0.3) is 0 Å². The predicted octanol–water partition coefficient (Wildman–Crippen LogP) is 0.959. The zero-order valence-electron chi connectivity index (χ0n) is 5.38. The van der Waals surface area contributed by atoms with E-state index in [0.29, 0.717) is 0 Å². The molecule has 0 bridgehead atoms. The van der Waals surface area contributed by atoms with Gasteiger partial charge in [-0.25, -0.2) is 0 Å². The molecule has 1 rings (SSSR count). The van der Waals surface area contributed by atoms with Gasteiger partial charge >= 0.3 is 0 Å². The minimum absolute atomic E-state index is 0.108. The van der Waals surface area contributed by atoms with Gasteiger partial charge in [-0.15, -0.1) is 0 Å². The third-order valence-electron chi connectivity index (χ3n) is 1.51. The number of rotatable bonds is 2. The van der Waals surface area contributed by atoms with E-state index in [4.69, 9.17) is 4.74 Å². The lowest BCUT2D eigenvalue weighted by Gasteiger charge is -2.19. The van der Waals surface area contributed by atoms with Crippen molar-refractivity contribution in [1.82, 2.24) is 0 Å². The molecule has 0 amide bonds. The molecule has 51 valence electrons. The monoisotopic (exact) mass is 127 g/mol. The van der Waals surface area contributed by atoms with Crippen molar-refractivity contribution in [3.05, 3.63) is 6.42 Å². The third-order valence-corrected chi connectivity index (χ3v) is 1.51. The van der Waals surface area contributed by atoms with E-state index in [-0.39, 0.29) is 6.10 Å². The summed E-state index contributed by atoms with van der Waals surface area (Å²) in [5, 5.41) is 0. The molecule has 1 aliphatic heterocycles. The first-order chi connectivity index (χ1) is 4.43. The van der Waals surface area contributed by atoms with Crippen LogP contribution in [0.2, 0.25) is 0 Å². The predicted molar refractivity (Wildman–Crippen MR) is 34.0 cm³/mol. The largest absolute Gasteiger partial charge is 0.377 e. The lowest BCUT2D eigenvalue weighted by atomic mass is 10.1. The van der Waals surface area contributed by atoms with Crippen molar-refractivity contribution < 1.29 is 9.53 Å². The van der Waals surface area contributed by atoms with Crippen molar-refractivity contribution in [2.45, 2.75) is 25.4 Å². The smallest absolute Gasteiger partial charge is 0.126 e. The number of aldehydes is 1. The second kappa shape index (κ2) is 3.62. The minimum Gasteiger partial charge on any atom is -0.377 e. The van der Waals surface area contributed by atoms with E-state index in [2.05, 4.69) is 0 Å². The third kappa shape index (κ3) is 2.14. The van der Waals surface area contributed by atoms with Crippen molar-refractivity contribution in [3.63, 3.8) is 0 Å². The maximum absolute atomic E-state index is 9.94. The zero-order chi connectivity index (χ0) is 6.53. The number of carbonyl (C=O) groups excluding carboxylic acids is 1. The van der Waals surface area contributed by atoms with Crippen LogP contribution in [0.1, 0.15) is 19.3 Å². The Bertz CT molecular complexity index is 84.9. The molecule has 0 spiro atoms. The molecule has 9 heavy (non-hydrogen) atoms. The lowest BCUT2D eigenvalue weighted by Crippen LogP contribution is -2.19. The molecule has 0 aliphatic carbocycles. The topological polar surface area (TPSA) is 26.3 Å². The van der Waals surface area contributed by atoms with Crippen molar-refractivity contribution >= 4 is 6.29 Å². The molecule has 1 unspecified atom stereocenters. The molecule has 0 saturated carbocycles. The molecule has 1 saturated heterocycles. The highest BCUT2D eigenvalue weighted by Gasteiger charge is 2.12. The normalized spacial score (nSPS) is 27.8. The van der Waals surface area contributed by atoms with Crippen LogP contribution in [0, 0.1) is 6.42 Å². The fourth-order valence-corrected chi connectivity index (χ4v) is 1.01. The molecule has 0 N–H and O–H groups in total. The van der Waals surface area contributed by atoms with Crippen molar-refractivity contribution in [2.75, 3.05) is 6.61 Å². The minimum atomic E-state index is 0.108. The Balaban J connectivity index is 2.15. The van der Waals surface area contributed by atoms with Crippen LogP contribution < -0.4 is 0 Å². The second-order valence-corrected chi connectivity index (χ2v) is 2.23. The Hall–Kier alpha value is -0.370. The second-order valence-electron chi connectivity index (χ2n) is 2.23. The Morgan fingerprint density at radius 2 is 2.33 bits per heavy atom. The van der Waals surface area contributed by atoms with E-state index in [1.165, 1.54) is 6.42 Å². The first-order valence-corrected chi connectivity index (χ1v) is 3.33. The van der Waals surface area contributed by atoms with Crippen LogP contribution in [-0.2, 0) is 9.53 Å². The summed E-state index contributed by atoms with van der Waals surface area (Å²) in [6.45, 7) is 0.814.